The zero-order valence-corrected chi connectivity index (χ0v) is 13.7. The number of benzene rings is 2. The van der Waals surface area contributed by atoms with Crippen LogP contribution in [0.5, 0.6) is 5.75 Å². The van der Waals surface area contributed by atoms with Gasteiger partial charge in [0, 0.05) is 9.89 Å². The summed E-state index contributed by atoms with van der Waals surface area (Å²) in [7, 11) is 1.70. The normalized spacial score (nSPS) is 15.7. The van der Waals surface area contributed by atoms with Crippen LogP contribution >= 0.6 is 15.9 Å². The average Bonchev–Trinajstić information content (AvgIpc) is 3.29. The molecule has 2 aromatic rings. The maximum absolute atomic E-state index is 5.96. The number of hydrogen-bond donors (Lipinski definition) is 0. The van der Waals surface area contributed by atoms with E-state index in [1.165, 1.54) is 24.0 Å². The molecule has 110 valence electrons. The molecule has 0 saturated heterocycles. The van der Waals surface area contributed by atoms with Gasteiger partial charge in [0.1, 0.15) is 5.75 Å². The molecule has 1 fully saturated rings. The topological polar surface area (TPSA) is 18.5 Å². The number of halogens is 1. The maximum Gasteiger partial charge on any atom is 0.118 e. The third kappa shape index (κ3) is 3.47. The lowest BCUT2D eigenvalue weighted by molar-refractivity contribution is 0.100. The molecule has 0 atom stereocenters. The summed E-state index contributed by atoms with van der Waals surface area (Å²) in [4.78, 5) is 0. The Morgan fingerprint density at radius 2 is 1.86 bits per heavy atom. The van der Waals surface area contributed by atoms with E-state index < -0.39 is 0 Å². The highest BCUT2D eigenvalue weighted by molar-refractivity contribution is 9.10. The van der Waals surface area contributed by atoms with Gasteiger partial charge in [0.2, 0.25) is 0 Å². The highest BCUT2D eigenvalue weighted by Gasteiger charge is 2.44. The molecule has 3 rings (SSSR count). The molecule has 1 saturated carbocycles. The van der Waals surface area contributed by atoms with Gasteiger partial charge in [-0.1, -0.05) is 40.2 Å². The lowest BCUT2D eigenvalue weighted by Crippen LogP contribution is -2.15. The van der Waals surface area contributed by atoms with Crippen molar-refractivity contribution in [3.05, 3.63) is 64.1 Å². The molecule has 21 heavy (non-hydrogen) atoms. The Kier molecular flexibility index (Phi) is 4.32. The molecule has 1 aliphatic rings. The van der Waals surface area contributed by atoms with Gasteiger partial charge in [-0.3, -0.25) is 0 Å². The van der Waals surface area contributed by atoms with Crippen LogP contribution in [-0.2, 0) is 16.8 Å². The van der Waals surface area contributed by atoms with Crippen LogP contribution in [0.25, 0.3) is 0 Å². The van der Waals surface area contributed by atoms with Crippen molar-refractivity contribution in [2.24, 2.45) is 0 Å². The highest BCUT2D eigenvalue weighted by atomic mass is 79.9. The van der Waals surface area contributed by atoms with Gasteiger partial charge in [0.15, 0.2) is 0 Å². The molecule has 0 aliphatic heterocycles. The lowest BCUT2D eigenvalue weighted by Gasteiger charge is -2.16. The van der Waals surface area contributed by atoms with Gasteiger partial charge < -0.3 is 9.47 Å². The molecule has 0 amide bonds. The molecule has 0 aromatic heterocycles. The Balaban J connectivity index is 1.59. The first-order chi connectivity index (χ1) is 10.2. The van der Waals surface area contributed by atoms with Crippen LogP contribution in [0.2, 0.25) is 0 Å². The van der Waals surface area contributed by atoms with Crippen molar-refractivity contribution in [1.29, 1.82) is 0 Å². The Hall–Kier alpha value is -1.32. The summed E-state index contributed by atoms with van der Waals surface area (Å²) >= 11 is 3.49. The first-order valence-electron chi connectivity index (χ1n) is 7.19. The monoisotopic (exact) mass is 346 g/mol. The Bertz CT molecular complexity index is 603. The van der Waals surface area contributed by atoms with Gasteiger partial charge in [-0.15, -0.1) is 0 Å². The van der Waals surface area contributed by atoms with Crippen LogP contribution in [0.4, 0.5) is 0 Å². The molecule has 0 unspecified atom stereocenters. The Labute approximate surface area is 134 Å². The molecular weight excluding hydrogens is 328 g/mol. The van der Waals surface area contributed by atoms with E-state index in [1.54, 1.807) is 7.11 Å². The van der Waals surface area contributed by atoms with Gasteiger partial charge in [-0.2, -0.15) is 0 Å². The van der Waals surface area contributed by atoms with Crippen molar-refractivity contribution in [3.8, 4) is 5.75 Å². The number of hydrogen-bond acceptors (Lipinski definition) is 2. The predicted octanol–water partition coefficient (Wildman–Crippen LogP) is 4.71. The molecular formula is C18H19BrO2. The van der Waals surface area contributed by atoms with Crippen molar-refractivity contribution in [1.82, 2.24) is 0 Å². The number of ether oxygens (including phenoxy) is 2. The van der Waals surface area contributed by atoms with Crippen LogP contribution in [0.15, 0.2) is 53.0 Å². The van der Waals surface area contributed by atoms with E-state index in [0.717, 1.165) is 16.8 Å². The summed E-state index contributed by atoms with van der Waals surface area (Å²) in [5.74, 6) is 0.907. The molecule has 0 spiro atoms. The quantitative estimate of drug-likeness (QED) is 0.754. The van der Waals surface area contributed by atoms with Crippen molar-refractivity contribution < 1.29 is 9.47 Å². The van der Waals surface area contributed by atoms with Crippen molar-refractivity contribution in [2.45, 2.75) is 24.9 Å². The smallest absolute Gasteiger partial charge is 0.118 e. The molecule has 3 heteroatoms. The summed E-state index contributed by atoms with van der Waals surface area (Å²) in [5, 5.41) is 0. The fourth-order valence-corrected chi connectivity index (χ4v) is 3.05. The molecule has 0 bridgehead atoms. The number of methoxy groups -OCH3 is 1. The van der Waals surface area contributed by atoms with Crippen LogP contribution < -0.4 is 4.74 Å². The van der Waals surface area contributed by atoms with Gasteiger partial charge >= 0.3 is 0 Å². The highest BCUT2D eigenvalue weighted by Crippen LogP contribution is 2.48. The zero-order valence-electron chi connectivity index (χ0n) is 12.1. The lowest BCUT2D eigenvalue weighted by atomic mass is 9.97. The van der Waals surface area contributed by atoms with Gasteiger partial charge in [-0.25, -0.2) is 0 Å². The Morgan fingerprint density at radius 3 is 2.48 bits per heavy atom. The van der Waals surface area contributed by atoms with E-state index in [0.29, 0.717) is 6.61 Å². The van der Waals surface area contributed by atoms with Crippen molar-refractivity contribution in [3.63, 3.8) is 0 Å². The standard InChI is InChI=1S/C18H19BrO2/c1-20-17-7-5-15(6-8-17)18(9-10-18)13-21-12-14-3-2-4-16(19)11-14/h2-8,11H,9-10,12-13H2,1H3. The third-order valence-corrected chi connectivity index (χ3v) is 4.59. The van der Waals surface area contributed by atoms with E-state index in [-0.39, 0.29) is 5.41 Å². The minimum absolute atomic E-state index is 0.221. The van der Waals surface area contributed by atoms with Gasteiger partial charge in [-0.05, 0) is 48.2 Å². The minimum atomic E-state index is 0.221. The average molecular weight is 347 g/mol. The van der Waals surface area contributed by atoms with E-state index in [1.807, 2.05) is 24.3 Å². The van der Waals surface area contributed by atoms with Crippen LogP contribution in [0.1, 0.15) is 24.0 Å². The third-order valence-electron chi connectivity index (χ3n) is 4.09. The van der Waals surface area contributed by atoms with E-state index >= 15 is 0 Å². The summed E-state index contributed by atoms with van der Waals surface area (Å²) in [5.41, 5.74) is 2.78. The number of rotatable bonds is 6. The fraction of sp³-hybridized carbons (Fsp3) is 0.333. The molecule has 0 heterocycles. The maximum atomic E-state index is 5.96. The largest absolute Gasteiger partial charge is 0.497 e. The van der Waals surface area contributed by atoms with E-state index in [2.05, 4.69) is 40.2 Å². The zero-order chi connectivity index (χ0) is 14.7. The van der Waals surface area contributed by atoms with Crippen LogP contribution in [-0.4, -0.2) is 13.7 Å². The van der Waals surface area contributed by atoms with Crippen LogP contribution in [0.3, 0.4) is 0 Å². The summed E-state index contributed by atoms with van der Waals surface area (Å²) in [6.07, 6.45) is 2.41. The molecule has 0 radical (unpaired) electrons. The molecule has 0 N–H and O–H groups in total. The second kappa shape index (κ2) is 6.20. The van der Waals surface area contributed by atoms with Crippen LogP contribution in [0, 0.1) is 0 Å². The predicted molar refractivity (Wildman–Crippen MR) is 87.7 cm³/mol. The second-order valence-corrected chi connectivity index (χ2v) is 6.55. The fourth-order valence-electron chi connectivity index (χ4n) is 2.60. The summed E-state index contributed by atoms with van der Waals surface area (Å²) < 4.78 is 12.3. The van der Waals surface area contributed by atoms with Gasteiger partial charge in [0.05, 0.1) is 20.3 Å². The SMILES string of the molecule is COc1ccc(C2(COCc3cccc(Br)c3)CC2)cc1. The molecule has 2 aromatic carbocycles. The molecule has 2 nitrogen and oxygen atoms in total. The van der Waals surface area contributed by atoms with E-state index in [9.17, 15) is 0 Å². The van der Waals surface area contributed by atoms with Crippen molar-refractivity contribution >= 4 is 15.9 Å². The van der Waals surface area contributed by atoms with Crippen molar-refractivity contribution in [2.75, 3.05) is 13.7 Å². The first-order valence-corrected chi connectivity index (χ1v) is 7.98. The summed E-state index contributed by atoms with van der Waals surface area (Å²) in [6.45, 7) is 1.45. The van der Waals surface area contributed by atoms with Gasteiger partial charge in [0.25, 0.3) is 0 Å². The Morgan fingerprint density at radius 1 is 1.10 bits per heavy atom. The first kappa shape index (κ1) is 14.6. The summed E-state index contributed by atoms with van der Waals surface area (Å²) in [6, 6.07) is 16.7. The molecule has 1 aliphatic carbocycles. The minimum Gasteiger partial charge on any atom is -0.497 e. The van der Waals surface area contributed by atoms with E-state index in [4.69, 9.17) is 9.47 Å². The second-order valence-electron chi connectivity index (χ2n) is 5.63.